The van der Waals surface area contributed by atoms with Gasteiger partial charge in [0.15, 0.2) is 5.78 Å². The molecule has 1 aromatic carbocycles. The molecule has 1 aromatic rings. The summed E-state index contributed by atoms with van der Waals surface area (Å²) in [6.45, 7) is 1.46. The van der Waals surface area contributed by atoms with E-state index in [9.17, 15) is 14.4 Å². The first kappa shape index (κ1) is 12.9. The number of ether oxygens (including phenoxy) is 1. The minimum absolute atomic E-state index is 0.0440. The number of esters is 1. The Hall–Kier alpha value is -2.17. The number of methoxy groups -OCH3 is 1. The zero-order valence-electron chi connectivity index (χ0n) is 9.65. The number of carbonyl (C=O) groups excluding carboxylic acids is 3. The van der Waals surface area contributed by atoms with E-state index in [-0.39, 0.29) is 12.2 Å². The van der Waals surface area contributed by atoms with Crippen LogP contribution in [-0.2, 0) is 14.3 Å². The Morgan fingerprint density at radius 3 is 2.24 bits per heavy atom. The van der Waals surface area contributed by atoms with Gasteiger partial charge in [-0.05, 0) is 31.2 Å². The van der Waals surface area contributed by atoms with Crippen LogP contribution >= 0.6 is 0 Å². The van der Waals surface area contributed by atoms with Crippen molar-refractivity contribution in [3.63, 3.8) is 0 Å². The quantitative estimate of drug-likeness (QED) is 0.486. The second kappa shape index (κ2) is 5.79. The molecule has 1 N–H and O–H groups in total. The van der Waals surface area contributed by atoms with E-state index >= 15 is 0 Å². The monoisotopic (exact) mass is 235 g/mol. The van der Waals surface area contributed by atoms with E-state index < -0.39 is 11.9 Å². The fraction of sp³-hybridized carbons (Fsp3) is 0.250. The van der Waals surface area contributed by atoms with Crippen molar-refractivity contribution in [1.29, 1.82) is 0 Å². The summed E-state index contributed by atoms with van der Waals surface area (Å²) in [4.78, 5) is 33.2. The Balaban J connectivity index is 2.60. The maximum absolute atomic E-state index is 11.3. The molecular formula is C12H13NO4. The number of hydrogen-bond acceptors (Lipinski definition) is 4. The number of nitrogens with one attached hydrogen (secondary N) is 1. The largest absolute Gasteiger partial charge is 0.469 e. The van der Waals surface area contributed by atoms with Gasteiger partial charge in [-0.25, -0.2) is 0 Å². The maximum atomic E-state index is 11.3. The van der Waals surface area contributed by atoms with E-state index in [0.717, 1.165) is 0 Å². The minimum atomic E-state index is -0.595. The van der Waals surface area contributed by atoms with Crippen LogP contribution < -0.4 is 5.32 Å². The average Bonchev–Trinajstić information content (AvgIpc) is 2.29. The Labute approximate surface area is 98.8 Å². The molecule has 0 atom stereocenters. The SMILES string of the molecule is COC(=O)CC(=O)Nc1ccc(C(C)=O)cc1. The van der Waals surface area contributed by atoms with Gasteiger partial charge in [-0.2, -0.15) is 0 Å². The molecule has 0 radical (unpaired) electrons. The number of amides is 1. The van der Waals surface area contributed by atoms with E-state index in [4.69, 9.17) is 0 Å². The highest BCUT2D eigenvalue weighted by molar-refractivity contribution is 6.02. The van der Waals surface area contributed by atoms with Gasteiger partial charge in [0.05, 0.1) is 7.11 Å². The normalized spacial score (nSPS) is 9.53. The molecule has 1 rings (SSSR count). The zero-order chi connectivity index (χ0) is 12.8. The highest BCUT2D eigenvalue weighted by Crippen LogP contribution is 2.10. The predicted octanol–water partition coefficient (Wildman–Crippen LogP) is 1.39. The van der Waals surface area contributed by atoms with Gasteiger partial charge in [0.2, 0.25) is 5.91 Å². The lowest BCUT2D eigenvalue weighted by Crippen LogP contribution is -2.17. The zero-order valence-corrected chi connectivity index (χ0v) is 9.65. The first-order chi connectivity index (χ1) is 8.02. The maximum Gasteiger partial charge on any atom is 0.315 e. The molecule has 0 aliphatic carbocycles. The van der Waals surface area contributed by atoms with Crippen LogP contribution in [0, 0.1) is 0 Å². The van der Waals surface area contributed by atoms with Gasteiger partial charge in [-0.15, -0.1) is 0 Å². The topological polar surface area (TPSA) is 72.5 Å². The van der Waals surface area contributed by atoms with Gasteiger partial charge in [-0.3, -0.25) is 14.4 Å². The van der Waals surface area contributed by atoms with E-state index in [2.05, 4.69) is 10.1 Å². The molecule has 5 heteroatoms. The van der Waals surface area contributed by atoms with E-state index in [1.807, 2.05) is 0 Å². The summed E-state index contributed by atoms with van der Waals surface area (Å²) in [5.74, 6) is -1.09. The summed E-state index contributed by atoms with van der Waals surface area (Å²) in [5, 5.41) is 2.52. The van der Waals surface area contributed by atoms with Crippen molar-refractivity contribution in [2.75, 3.05) is 12.4 Å². The van der Waals surface area contributed by atoms with Crippen molar-refractivity contribution in [2.45, 2.75) is 13.3 Å². The molecule has 1 amide bonds. The van der Waals surface area contributed by atoms with Crippen LogP contribution in [-0.4, -0.2) is 24.8 Å². The Morgan fingerprint density at radius 2 is 1.76 bits per heavy atom. The number of hydrogen-bond donors (Lipinski definition) is 1. The third kappa shape index (κ3) is 4.06. The smallest absolute Gasteiger partial charge is 0.315 e. The predicted molar refractivity (Wildman–Crippen MR) is 61.7 cm³/mol. The molecule has 0 unspecified atom stereocenters. The third-order valence-electron chi connectivity index (χ3n) is 2.11. The Kier molecular flexibility index (Phi) is 4.39. The highest BCUT2D eigenvalue weighted by Gasteiger charge is 2.09. The fourth-order valence-corrected chi connectivity index (χ4v) is 1.20. The molecule has 17 heavy (non-hydrogen) atoms. The summed E-state index contributed by atoms with van der Waals surface area (Å²) >= 11 is 0. The molecule has 0 saturated carbocycles. The molecule has 0 aliphatic heterocycles. The van der Waals surface area contributed by atoms with Gasteiger partial charge in [0.1, 0.15) is 6.42 Å². The average molecular weight is 235 g/mol. The molecular weight excluding hydrogens is 222 g/mol. The molecule has 0 saturated heterocycles. The molecule has 0 aliphatic rings. The van der Waals surface area contributed by atoms with E-state index in [1.54, 1.807) is 24.3 Å². The van der Waals surface area contributed by atoms with Crippen LogP contribution in [0.1, 0.15) is 23.7 Å². The van der Waals surface area contributed by atoms with Gasteiger partial charge >= 0.3 is 5.97 Å². The number of carbonyl (C=O) groups is 3. The van der Waals surface area contributed by atoms with Crippen LogP contribution in [0.2, 0.25) is 0 Å². The summed E-state index contributed by atoms with van der Waals surface area (Å²) in [6.07, 6.45) is -0.328. The van der Waals surface area contributed by atoms with E-state index in [1.165, 1.54) is 14.0 Å². The van der Waals surface area contributed by atoms with Crippen molar-refractivity contribution in [3.8, 4) is 0 Å². The lowest BCUT2D eigenvalue weighted by Gasteiger charge is -2.04. The van der Waals surface area contributed by atoms with Crippen LogP contribution in [0.5, 0.6) is 0 Å². The van der Waals surface area contributed by atoms with Crippen molar-refractivity contribution in [2.24, 2.45) is 0 Å². The van der Waals surface area contributed by atoms with Gasteiger partial charge in [-0.1, -0.05) is 0 Å². The molecule has 0 aromatic heterocycles. The lowest BCUT2D eigenvalue weighted by molar-refractivity contribution is -0.142. The van der Waals surface area contributed by atoms with Crippen LogP contribution in [0.15, 0.2) is 24.3 Å². The number of benzene rings is 1. The first-order valence-corrected chi connectivity index (χ1v) is 5.00. The van der Waals surface area contributed by atoms with Gasteiger partial charge < -0.3 is 10.1 Å². The lowest BCUT2D eigenvalue weighted by atomic mass is 10.1. The van der Waals surface area contributed by atoms with Crippen molar-refractivity contribution in [1.82, 2.24) is 0 Å². The second-order valence-electron chi connectivity index (χ2n) is 3.43. The summed E-state index contributed by atoms with van der Waals surface area (Å²) in [6, 6.07) is 6.42. The molecule has 0 fully saturated rings. The molecule has 0 bridgehead atoms. The minimum Gasteiger partial charge on any atom is -0.469 e. The number of Topliss-reactive ketones (excluding diaryl/α,β-unsaturated/α-hetero) is 1. The molecule has 90 valence electrons. The first-order valence-electron chi connectivity index (χ1n) is 5.00. The van der Waals surface area contributed by atoms with Gasteiger partial charge in [0, 0.05) is 11.3 Å². The number of ketones is 1. The second-order valence-corrected chi connectivity index (χ2v) is 3.43. The summed E-state index contributed by atoms with van der Waals surface area (Å²) in [7, 11) is 1.22. The van der Waals surface area contributed by atoms with Crippen LogP contribution in [0.4, 0.5) is 5.69 Å². The van der Waals surface area contributed by atoms with Gasteiger partial charge in [0.25, 0.3) is 0 Å². The van der Waals surface area contributed by atoms with Crippen LogP contribution in [0.25, 0.3) is 0 Å². The molecule has 5 nitrogen and oxygen atoms in total. The number of rotatable bonds is 4. The fourth-order valence-electron chi connectivity index (χ4n) is 1.20. The van der Waals surface area contributed by atoms with Crippen molar-refractivity contribution >= 4 is 23.3 Å². The van der Waals surface area contributed by atoms with Crippen LogP contribution in [0.3, 0.4) is 0 Å². The number of anilines is 1. The Morgan fingerprint density at radius 1 is 1.18 bits per heavy atom. The highest BCUT2D eigenvalue weighted by atomic mass is 16.5. The van der Waals surface area contributed by atoms with Crippen molar-refractivity contribution < 1.29 is 19.1 Å². The Bertz CT molecular complexity index is 436. The molecule has 0 spiro atoms. The standard InChI is InChI=1S/C12H13NO4/c1-8(14)9-3-5-10(6-4-9)13-11(15)7-12(16)17-2/h3-6H,7H2,1-2H3,(H,13,15). The van der Waals surface area contributed by atoms with E-state index in [0.29, 0.717) is 11.3 Å². The third-order valence-corrected chi connectivity index (χ3v) is 2.11. The summed E-state index contributed by atoms with van der Waals surface area (Å²) in [5.41, 5.74) is 1.10. The van der Waals surface area contributed by atoms with Crippen molar-refractivity contribution in [3.05, 3.63) is 29.8 Å². The molecule has 0 heterocycles. The summed E-state index contributed by atoms with van der Waals surface area (Å²) < 4.78 is 4.36.